The first-order valence-corrected chi connectivity index (χ1v) is 4.33. The maximum atomic E-state index is 10.6. The molecule has 1 amide bonds. The highest BCUT2D eigenvalue weighted by molar-refractivity contribution is 7.60. The summed E-state index contributed by atoms with van der Waals surface area (Å²) in [6, 6.07) is 6.58. The van der Waals surface area contributed by atoms with E-state index in [2.05, 4.69) is 9.50 Å². The van der Waals surface area contributed by atoms with Gasteiger partial charge < -0.3 is 9.50 Å². The Morgan fingerprint density at radius 1 is 1.38 bits per heavy atom. The van der Waals surface area contributed by atoms with E-state index in [4.69, 9.17) is 0 Å². The van der Waals surface area contributed by atoms with Crippen LogP contribution in [0.5, 0.6) is 5.75 Å². The van der Waals surface area contributed by atoms with Crippen LogP contribution in [-0.2, 0) is 16.7 Å². The number of hydrogen-bond acceptors (Lipinski definition) is 3. The lowest BCUT2D eigenvalue weighted by molar-refractivity contribution is -0.114. The van der Waals surface area contributed by atoms with Crippen LogP contribution in [0.2, 0.25) is 0 Å². The molecule has 4 nitrogen and oxygen atoms in total. The molecule has 1 N–H and O–H groups in total. The first-order valence-electron chi connectivity index (χ1n) is 3.59. The number of carbonyl (C=O) groups excluding carboxylic acids is 1. The molecule has 0 aromatic heterocycles. The van der Waals surface area contributed by atoms with Crippen molar-refractivity contribution in [2.24, 2.45) is 0 Å². The minimum atomic E-state index is -0.386. The average molecular weight is 199 g/mol. The molecule has 1 aromatic carbocycles. The van der Waals surface area contributed by atoms with Crippen molar-refractivity contribution in [2.45, 2.75) is 6.92 Å². The fourth-order valence-corrected chi connectivity index (χ4v) is 1.05. The van der Waals surface area contributed by atoms with Gasteiger partial charge in [-0.3, -0.25) is 4.79 Å². The topological polar surface area (TPSA) is 55.4 Å². The Balaban J connectivity index is 2.69. The minimum Gasteiger partial charge on any atom is -0.403 e. The minimum absolute atomic E-state index is 0.129. The van der Waals surface area contributed by atoms with E-state index in [1.807, 2.05) is 0 Å². The molecule has 0 saturated carbocycles. The Morgan fingerprint density at radius 2 is 2.00 bits per heavy atom. The molecule has 0 unspecified atom stereocenters. The average Bonchev–Trinajstić information content (AvgIpc) is 2.08. The Bertz CT molecular complexity index is 310. The van der Waals surface area contributed by atoms with Crippen molar-refractivity contribution >= 4 is 23.5 Å². The molecule has 0 heterocycles. The van der Waals surface area contributed by atoms with E-state index in [1.54, 1.807) is 24.3 Å². The molecule has 1 aromatic rings. The second-order valence-electron chi connectivity index (χ2n) is 2.37. The van der Waals surface area contributed by atoms with Crippen LogP contribution in [-0.4, -0.2) is 10.1 Å². The molecule has 0 aliphatic carbocycles. The number of amides is 1. The zero-order valence-electron chi connectivity index (χ0n) is 6.98. The molecule has 0 saturated heterocycles. The molecule has 5 heteroatoms. The van der Waals surface area contributed by atoms with Gasteiger partial charge >= 0.3 is 0 Å². The summed E-state index contributed by atoms with van der Waals surface area (Å²) in [6.45, 7) is 1.43. The van der Waals surface area contributed by atoms with Gasteiger partial charge in [0, 0.05) is 12.6 Å². The molecule has 0 atom stereocenters. The largest absolute Gasteiger partial charge is 0.403 e. The number of rotatable bonds is 3. The third kappa shape index (κ3) is 3.25. The third-order valence-corrected chi connectivity index (χ3v) is 1.60. The molecule has 0 bridgehead atoms. The molecule has 0 aliphatic heterocycles. The Morgan fingerprint density at radius 3 is 2.46 bits per heavy atom. The van der Waals surface area contributed by atoms with Crippen molar-refractivity contribution in [1.29, 1.82) is 0 Å². The molecular formula is C8H9NO3S. The fourth-order valence-electron chi connectivity index (χ4n) is 0.845. The number of anilines is 1. The lowest BCUT2D eigenvalue weighted by Crippen LogP contribution is -2.05. The van der Waals surface area contributed by atoms with Gasteiger partial charge in [0.15, 0.2) is 11.9 Å². The summed E-state index contributed by atoms with van der Waals surface area (Å²) >= 11 is -0.386. The lowest BCUT2D eigenvalue weighted by Gasteiger charge is -2.01. The highest BCUT2D eigenvalue weighted by atomic mass is 32.2. The van der Waals surface area contributed by atoms with E-state index in [0.29, 0.717) is 11.4 Å². The van der Waals surface area contributed by atoms with Crippen LogP contribution in [0, 0.1) is 0 Å². The van der Waals surface area contributed by atoms with Crippen molar-refractivity contribution in [3.63, 3.8) is 0 Å². The summed E-state index contributed by atoms with van der Waals surface area (Å²) in [7, 11) is 0. The van der Waals surface area contributed by atoms with E-state index in [0.717, 1.165) is 0 Å². The van der Waals surface area contributed by atoms with Gasteiger partial charge in [0.2, 0.25) is 5.91 Å². The predicted octanol–water partition coefficient (Wildman–Crippen LogP) is 0.884. The highest BCUT2D eigenvalue weighted by Crippen LogP contribution is 2.14. The van der Waals surface area contributed by atoms with Crippen LogP contribution in [0.25, 0.3) is 0 Å². The zero-order chi connectivity index (χ0) is 9.68. The van der Waals surface area contributed by atoms with Gasteiger partial charge in [-0.15, -0.1) is 0 Å². The number of thiol groups is 1. The van der Waals surface area contributed by atoms with Gasteiger partial charge in [0.05, 0.1) is 0 Å². The van der Waals surface area contributed by atoms with Crippen molar-refractivity contribution < 1.29 is 13.2 Å². The molecule has 0 radical (unpaired) electrons. The lowest BCUT2D eigenvalue weighted by atomic mass is 10.3. The molecule has 1 rings (SSSR count). The van der Waals surface area contributed by atoms with Gasteiger partial charge in [-0.25, -0.2) is 4.21 Å². The number of carbonyl (C=O) groups is 1. The maximum Gasteiger partial charge on any atom is 0.221 e. The maximum absolute atomic E-state index is 10.6. The quantitative estimate of drug-likeness (QED) is 0.711. The second-order valence-corrected chi connectivity index (χ2v) is 2.70. The van der Waals surface area contributed by atoms with Gasteiger partial charge in [-0.05, 0) is 24.3 Å². The van der Waals surface area contributed by atoms with Crippen LogP contribution < -0.4 is 9.50 Å². The van der Waals surface area contributed by atoms with Crippen molar-refractivity contribution in [3.8, 4) is 5.75 Å². The van der Waals surface area contributed by atoms with Crippen LogP contribution in [0.1, 0.15) is 6.92 Å². The summed E-state index contributed by atoms with van der Waals surface area (Å²) in [5.74, 6) is 0.362. The van der Waals surface area contributed by atoms with Crippen LogP contribution in [0.4, 0.5) is 5.69 Å². The van der Waals surface area contributed by atoms with Crippen molar-refractivity contribution in [2.75, 3.05) is 5.32 Å². The highest BCUT2D eigenvalue weighted by Gasteiger charge is 1.95. The monoisotopic (exact) mass is 199 g/mol. The van der Waals surface area contributed by atoms with E-state index in [9.17, 15) is 9.00 Å². The van der Waals surface area contributed by atoms with Crippen LogP contribution in [0.15, 0.2) is 24.3 Å². The van der Waals surface area contributed by atoms with E-state index >= 15 is 0 Å². The Hall–Kier alpha value is -1.36. The van der Waals surface area contributed by atoms with E-state index in [1.165, 1.54) is 6.92 Å². The van der Waals surface area contributed by atoms with Gasteiger partial charge in [0.1, 0.15) is 5.75 Å². The summed E-state index contributed by atoms with van der Waals surface area (Å²) in [6.07, 6.45) is 0. The molecule has 0 spiro atoms. The number of nitrogens with one attached hydrogen (secondary N) is 1. The summed E-state index contributed by atoms with van der Waals surface area (Å²) in [5, 5.41) is 2.60. The molecule has 0 fully saturated rings. The van der Waals surface area contributed by atoms with Crippen molar-refractivity contribution in [1.82, 2.24) is 0 Å². The fraction of sp³-hybridized carbons (Fsp3) is 0.125. The predicted molar refractivity (Wildman–Crippen MR) is 50.9 cm³/mol. The smallest absolute Gasteiger partial charge is 0.221 e. The van der Waals surface area contributed by atoms with Crippen molar-refractivity contribution in [3.05, 3.63) is 24.3 Å². The first-order chi connectivity index (χ1) is 6.22. The van der Waals surface area contributed by atoms with E-state index < -0.39 is 0 Å². The van der Waals surface area contributed by atoms with Crippen LogP contribution >= 0.6 is 0 Å². The van der Waals surface area contributed by atoms with Gasteiger partial charge in [0.25, 0.3) is 0 Å². The van der Waals surface area contributed by atoms with Crippen LogP contribution in [0.3, 0.4) is 0 Å². The first kappa shape index (κ1) is 9.73. The normalized spacial score (nSPS) is 9.31. The zero-order valence-corrected chi connectivity index (χ0v) is 7.88. The summed E-state index contributed by atoms with van der Waals surface area (Å²) < 4.78 is 14.7. The van der Waals surface area contributed by atoms with E-state index in [-0.39, 0.29) is 17.9 Å². The molecule has 13 heavy (non-hydrogen) atoms. The second kappa shape index (κ2) is 4.61. The SMILES string of the molecule is CC(=O)Nc1ccc(O[SH]=O)cc1. The summed E-state index contributed by atoms with van der Waals surface area (Å²) in [5.41, 5.74) is 0.683. The van der Waals surface area contributed by atoms with Gasteiger partial charge in [-0.1, -0.05) is 0 Å². The third-order valence-electron chi connectivity index (χ3n) is 1.32. The molecule has 0 aliphatic rings. The Kier molecular flexibility index (Phi) is 3.45. The number of hydrogen-bond donors (Lipinski definition) is 2. The number of benzene rings is 1. The molecular weight excluding hydrogens is 190 g/mol. The summed E-state index contributed by atoms with van der Waals surface area (Å²) in [4.78, 5) is 10.6. The standard InChI is InChI=1S/C8H9NO3S/c1-6(10)9-7-2-4-8(5-3-7)12-13-11/h2-5,13H,1H3,(H,9,10). The molecule has 70 valence electrons. The van der Waals surface area contributed by atoms with Gasteiger partial charge in [-0.2, -0.15) is 0 Å². The Labute approximate surface area is 79.6 Å².